The summed E-state index contributed by atoms with van der Waals surface area (Å²) in [4.78, 5) is 29.5. The van der Waals surface area contributed by atoms with Crippen LogP contribution < -0.4 is 5.32 Å². The molecule has 0 saturated heterocycles. The number of benzene rings is 1. The van der Waals surface area contributed by atoms with E-state index in [0.29, 0.717) is 22.7 Å². The number of rotatable bonds is 5. The number of carbonyl (C=O) groups is 2. The molecule has 2 aliphatic carbocycles. The summed E-state index contributed by atoms with van der Waals surface area (Å²) in [5, 5.41) is 2.30. The quantitative estimate of drug-likeness (QED) is 0.626. The summed E-state index contributed by atoms with van der Waals surface area (Å²) < 4.78 is 45.5. The van der Waals surface area contributed by atoms with Crippen LogP contribution in [-0.4, -0.2) is 41.6 Å². The van der Waals surface area contributed by atoms with Gasteiger partial charge in [0.1, 0.15) is 5.82 Å². The highest BCUT2D eigenvalue weighted by molar-refractivity contribution is 7.92. The summed E-state index contributed by atoms with van der Waals surface area (Å²) in [7, 11) is -3.61. The molecule has 2 aromatic rings. The lowest BCUT2D eigenvalue weighted by Crippen LogP contribution is -2.59. The van der Waals surface area contributed by atoms with E-state index >= 15 is 0 Å². The van der Waals surface area contributed by atoms with Crippen molar-refractivity contribution < 1.29 is 27.1 Å². The first-order valence-electron chi connectivity index (χ1n) is 10.5. The molecule has 0 spiro atoms. The second-order valence-electron chi connectivity index (χ2n) is 8.17. The van der Waals surface area contributed by atoms with Crippen molar-refractivity contribution in [3.8, 4) is 0 Å². The van der Waals surface area contributed by atoms with E-state index < -0.39 is 44.5 Å². The van der Waals surface area contributed by atoms with Crippen LogP contribution in [0.1, 0.15) is 30.5 Å². The number of anilines is 1. The van der Waals surface area contributed by atoms with Crippen LogP contribution in [0.5, 0.6) is 0 Å². The molecule has 0 radical (unpaired) electrons. The lowest BCUT2D eigenvalue weighted by Gasteiger charge is -2.40. The molecule has 0 bridgehead atoms. The SMILES string of the molecule is COC(=O)N(C1CCc2c[nH]cc21)S(=O)(=O)C1(C(=O)Nc2ccc(F)c(Cl)c2)C=CC=CC1C. The number of hydrogen-bond donors (Lipinski definition) is 2. The van der Waals surface area contributed by atoms with E-state index in [1.165, 1.54) is 24.3 Å². The zero-order chi connectivity index (χ0) is 24.7. The third kappa shape index (κ3) is 3.70. The van der Waals surface area contributed by atoms with Crippen molar-refractivity contribution in [3.05, 3.63) is 76.9 Å². The molecule has 4 rings (SSSR count). The predicted octanol–water partition coefficient (Wildman–Crippen LogP) is 4.33. The maximum Gasteiger partial charge on any atom is 0.423 e. The number of hydrogen-bond acceptors (Lipinski definition) is 5. The Balaban J connectivity index is 1.82. The molecular formula is C23H23ClFN3O5S. The summed E-state index contributed by atoms with van der Waals surface area (Å²) in [6, 6.07) is 2.68. The van der Waals surface area contributed by atoms with Crippen LogP contribution in [0.2, 0.25) is 5.02 Å². The number of halogens is 2. The lowest BCUT2D eigenvalue weighted by atomic mass is 9.88. The first-order valence-corrected chi connectivity index (χ1v) is 12.3. The van der Waals surface area contributed by atoms with Crippen molar-refractivity contribution in [3.63, 3.8) is 0 Å². The molecule has 3 atom stereocenters. The van der Waals surface area contributed by atoms with Crippen molar-refractivity contribution in [2.45, 2.75) is 30.6 Å². The highest BCUT2D eigenvalue weighted by Gasteiger charge is 2.58. The molecule has 0 saturated carbocycles. The Hall–Kier alpha value is -3.11. The molecule has 1 heterocycles. The van der Waals surface area contributed by atoms with Crippen LogP contribution in [0.4, 0.5) is 14.9 Å². The molecule has 180 valence electrons. The van der Waals surface area contributed by atoms with Gasteiger partial charge in [-0.1, -0.05) is 42.8 Å². The number of amides is 2. The Bertz CT molecular complexity index is 1310. The highest BCUT2D eigenvalue weighted by Crippen LogP contribution is 2.44. The third-order valence-electron chi connectivity index (χ3n) is 6.30. The number of carbonyl (C=O) groups excluding carboxylic acids is 2. The van der Waals surface area contributed by atoms with E-state index in [1.807, 2.05) is 0 Å². The van der Waals surface area contributed by atoms with Gasteiger partial charge in [0.2, 0.25) is 0 Å². The van der Waals surface area contributed by atoms with Crippen molar-refractivity contribution in [1.29, 1.82) is 0 Å². The molecule has 34 heavy (non-hydrogen) atoms. The van der Waals surface area contributed by atoms with Gasteiger partial charge in [0.05, 0.1) is 18.2 Å². The zero-order valence-electron chi connectivity index (χ0n) is 18.4. The fourth-order valence-corrected chi connectivity index (χ4v) is 6.93. The molecule has 0 aliphatic heterocycles. The Morgan fingerprint density at radius 2 is 2.06 bits per heavy atom. The van der Waals surface area contributed by atoms with Crippen LogP contribution in [-0.2, 0) is 26.0 Å². The van der Waals surface area contributed by atoms with Crippen LogP contribution in [0, 0.1) is 11.7 Å². The molecular weight excluding hydrogens is 485 g/mol. The van der Waals surface area contributed by atoms with Crippen LogP contribution >= 0.6 is 11.6 Å². The van der Waals surface area contributed by atoms with E-state index in [2.05, 4.69) is 10.3 Å². The normalized spacial score (nSPS) is 23.4. The van der Waals surface area contributed by atoms with E-state index in [1.54, 1.807) is 31.5 Å². The molecule has 1 aromatic carbocycles. The maximum absolute atomic E-state index is 14.3. The van der Waals surface area contributed by atoms with Crippen LogP contribution in [0.15, 0.2) is 54.9 Å². The van der Waals surface area contributed by atoms with Crippen molar-refractivity contribution in [2.75, 3.05) is 12.4 Å². The fraction of sp³-hybridized carbons (Fsp3) is 0.304. The van der Waals surface area contributed by atoms with Gasteiger partial charge in [0.25, 0.3) is 15.9 Å². The third-order valence-corrected chi connectivity index (χ3v) is 9.06. The molecule has 2 aliphatic rings. The number of nitrogens with one attached hydrogen (secondary N) is 2. The smallest absolute Gasteiger partial charge is 0.423 e. The van der Waals surface area contributed by atoms with Gasteiger partial charge in [0, 0.05) is 24.0 Å². The number of ether oxygens (including phenoxy) is 1. The van der Waals surface area contributed by atoms with Gasteiger partial charge in [-0.05, 0) is 42.2 Å². The van der Waals surface area contributed by atoms with Crippen LogP contribution in [0.3, 0.4) is 0 Å². The number of aromatic nitrogens is 1. The second-order valence-corrected chi connectivity index (χ2v) is 10.6. The Morgan fingerprint density at radius 3 is 2.74 bits per heavy atom. The first kappa shape index (κ1) is 24.0. The molecule has 2 amide bonds. The Labute approximate surface area is 201 Å². The topological polar surface area (TPSA) is 109 Å². The van der Waals surface area contributed by atoms with E-state index in [4.69, 9.17) is 16.3 Å². The second kappa shape index (κ2) is 8.92. The van der Waals surface area contributed by atoms with Gasteiger partial charge in [-0.3, -0.25) is 4.79 Å². The predicted molar refractivity (Wildman–Crippen MR) is 125 cm³/mol. The largest absolute Gasteiger partial charge is 0.452 e. The summed E-state index contributed by atoms with van der Waals surface area (Å²) in [5.41, 5.74) is 1.65. The maximum atomic E-state index is 14.3. The standard InChI is InChI=1S/C23H23ClFN3O5S/c1-14-5-3-4-10-23(14,21(29)27-16-7-8-19(25)18(24)11-16)34(31,32)28(22(30)33-2)20-9-6-15-12-26-13-17(15)20/h3-5,7-8,10-14,20,26H,6,9H2,1-2H3,(H,27,29). The van der Waals surface area contributed by atoms with Crippen molar-refractivity contribution in [1.82, 2.24) is 9.29 Å². The molecule has 8 nitrogen and oxygen atoms in total. The number of H-pyrrole nitrogens is 1. The van der Waals surface area contributed by atoms with Gasteiger partial charge in [-0.2, -0.15) is 4.31 Å². The first-order chi connectivity index (χ1) is 16.1. The molecule has 11 heteroatoms. The van der Waals surface area contributed by atoms with E-state index in [0.717, 1.165) is 18.7 Å². The summed E-state index contributed by atoms with van der Waals surface area (Å²) in [6.45, 7) is 1.57. The van der Waals surface area contributed by atoms with Gasteiger partial charge in [-0.25, -0.2) is 17.6 Å². The van der Waals surface area contributed by atoms with Crippen molar-refractivity contribution >= 4 is 39.3 Å². The van der Waals surface area contributed by atoms with Gasteiger partial charge in [-0.15, -0.1) is 0 Å². The number of aryl methyl sites for hydroxylation is 1. The van der Waals surface area contributed by atoms with Crippen molar-refractivity contribution in [2.24, 2.45) is 5.92 Å². The number of aromatic amines is 1. The summed E-state index contributed by atoms with van der Waals surface area (Å²) >= 11 is 5.83. The lowest BCUT2D eigenvalue weighted by molar-refractivity contribution is -0.118. The van der Waals surface area contributed by atoms with Crippen LogP contribution in [0.25, 0.3) is 0 Å². The van der Waals surface area contributed by atoms with E-state index in [9.17, 15) is 22.4 Å². The number of nitrogens with zero attached hydrogens (tertiary/aromatic N) is 1. The van der Waals surface area contributed by atoms with E-state index in [-0.39, 0.29) is 10.7 Å². The molecule has 0 fully saturated rings. The van der Waals surface area contributed by atoms with Gasteiger partial charge in [0.15, 0.2) is 4.75 Å². The van der Waals surface area contributed by atoms with Gasteiger partial charge < -0.3 is 15.0 Å². The number of allylic oxidation sites excluding steroid dienone is 3. The number of fused-ring (bicyclic) bond motifs is 1. The summed E-state index contributed by atoms with van der Waals surface area (Å²) in [5.74, 6) is -2.45. The average molecular weight is 508 g/mol. The molecule has 2 N–H and O–H groups in total. The Kier molecular flexibility index (Phi) is 6.30. The monoisotopic (exact) mass is 507 g/mol. The minimum atomic E-state index is -4.70. The minimum Gasteiger partial charge on any atom is -0.452 e. The molecule has 3 unspecified atom stereocenters. The molecule has 1 aromatic heterocycles. The fourth-order valence-electron chi connectivity index (χ4n) is 4.52. The highest BCUT2D eigenvalue weighted by atomic mass is 35.5. The van der Waals surface area contributed by atoms with Gasteiger partial charge >= 0.3 is 6.09 Å². The average Bonchev–Trinajstić information content (AvgIpc) is 3.41. The number of sulfonamides is 1. The zero-order valence-corrected chi connectivity index (χ0v) is 20.0. The number of methoxy groups -OCH3 is 1. The Morgan fingerprint density at radius 1 is 1.29 bits per heavy atom. The summed E-state index contributed by atoms with van der Waals surface area (Å²) in [6.07, 6.45) is 9.12. The minimum absolute atomic E-state index is 0.111.